The lowest BCUT2D eigenvalue weighted by atomic mass is 10.2. The van der Waals surface area contributed by atoms with Crippen molar-refractivity contribution in [3.8, 4) is 6.07 Å². The van der Waals surface area contributed by atoms with E-state index in [0.29, 0.717) is 6.04 Å². The number of rotatable bonds is 2. The largest absolute Gasteiger partial charge is 0.312 e. The average Bonchev–Trinajstić information content (AvgIpc) is 2.65. The second-order valence-corrected chi connectivity index (χ2v) is 5.00. The summed E-state index contributed by atoms with van der Waals surface area (Å²) >= 11 is 1.68. The van der Waals surface area contributed by atoms with Crippen molar-refractivity contribution < 1.29 is 0 Å². The van der Waals surface area contributed by atoms with Gasteiger partial charge in [0, 0.05) is 42.5 Å². The number of nitrogens with zero attached hydrogens (tertiary/aromatic N) is 2. The SMILES string of the molecule is C[C@@H]1CN(Cc2cc(C#N)cs2)CCN1. The Morgan fingerprint density at radius 3 is 3.27 bits per heavy atom. The maximum atomic E-state index is 8.73. The van der Waals surface area contributed by atoms with Crippen LogP contribution in [0.1, 0.15) is 17.4 Å². The fourth-order valence-electron chi connectivity index (χ4n) is 1.90. The molecule has 3 nitrogen and oxygen atoms in total. The summed E-state index contributed by atoms with van der Waals surface area (Å²) in [5.74, 6) is 0. The molecule has 2 heterocycles. The van der Waals surface area contributed by atoms with Crippen molar-refractivity contribution in [2.75, 3.05) is 19.6 Å². The van der Waals surface area contributed by atoms with Crippen molar-refractivity contribution in [2.24, 2.45) is 0 Å². The monoisotopic (exact) mass is 221 g/mol. The molecule has 0 aliphatic carbocycles. The molecule has 0 amide bonds. The molecule has 0 radical (unpaired) electrons. The van der Waals surface area contributed by atoms with Gasteiger partial charge in [-0.1, -0.05) is 0 Å². The molecule has 1 N–H and O–H groups in total. The smallest absolute Gasteiger partial charge is 0.100 e. The van der Waals surface area contributed by atoms with Gasteiger partial charge in [-0.2, -0.15) is 5.26 Å². The maximum absolute atomic E-state index is 8.73. The van der Waals surface area contributed by atoms with Gasteiger partial charge in [0.15, 0.2) is 0 Å². The van der Waals surface area contributed by atoms with E-state index in [4.69, 9.17) is 5.26 Å². The van der Waals surface area contributed by atoms with Crippen LogP contribution in [0.15, 0.2) is 11.4 Å². The highest BCUT2D eigenvalue weighted by atomic mass is 32.1. The van der Waals surface area contributed by atoms with Crippen LogP contribution < -0.4 is 5.32 Å². The standard InChI is InChI=1S/C11H15N3S/c1-9-6-14(3-2-13-9)7-11-4-10(5-12)8-15-11/h4,8-9,13H,2-3,6-7H2,1H3/t9-/m1/s1. The second-order valence-electron chi connectivity index (χ2n) is 4.00. The molecule has 0 aromatic carbocycles. The van der Waals surface area contributed by atoms with Crippen LogP contribution in [0.3, 0.4) is 0 Å². The molecule has 0 bridgehead atoms. The summed E-state index contributed by atoms with van der Waals surface area (Å²) in [6.45, 7) is 6.46. The van der Waals surface area contributed by atoms with Crippen molar-refractivity contribution in [1.29, 1.82) is 5.26 Å². The van der Waals surface area contributed by atoms with Gasteiger partial charge in [0.25, 0.3) is 0 Å². The number of nitrogens with one attached hydrogen (secondary N) is 1. The van der Waals surface area contributed by atoms with E-state index in [1.807, 2.05) is 11.4 Å². The maximum Gasteiger partial charge on any atom is 0.100 e. The molecule has 1 atom stereocenters. The lowest BCUT2D eigenvalue weighted by molar-refractivity contribution is 0.201. The fourth-order valence-corrected chi connectivity index (χ4v) is 2.75. The molecular weight excluding hydrogens is 206 g/mol. The predicted octanol–water partition coefficient (Wildman–Crippen LogP) is 1.41. The molecule has 1 fully saturated rings. The molecule has 15 heavy (non-hydrogen) atoms. The number of nitriles is 1. The van der Waals surface area contributed by atoms with Crippen LogP contribution in [0.25, 0.3) is 0 Å². The van der Waals surface area contributed by atoms with Crippen LogP contribution >= 0.6 is 11.3 Å². The number of hydrogen-bond donors (Lipinski definition) is 1. The Kier molecular flexibility index (Phi) is 3.37. The first-order chi connectivity index (χ1) is 7.28. The molecule has 0 unspecified atom stereocenters. The average molecular weight is 221 g/mol. The van der Waals surface area contributed by atoms with Gasteiger partial charge in [0.2, 0.25) is 0 Å². The van der Waals surface area contributed by atoms with E-state index in [9.17, 15) is 0 Å². The highest BCUT2D eigenvalue weighted by Crippen LogP contribution is 2.16. The third kappa shape index (κ3) is 2.78. The van der Waals surface area contributed by atoms with E-state index < -0.39 is 0 Å². The van der Waals surface area contributed by atoms with E-state index in [-0.39, 0.29) is 0 Å². The minimum absolute atomic E-state index is 0.578. The number of hydrogen-bond acceptors (Lipinski definition) is 4. The summed E-state index contributed by atoms with van der Waals surface area (Å²) in [5.41, 5.74) is 0.790. The lowest BCUT2D eigenvalue weighted by Gasteiger charge is -2.31. The summed E-state index contributed by atoms with van der Waals surface area (Å²) in [6.07, 6.45) is 0. The molecule has 0 spiro atoms. The minimum atomic E-state index is 0.578. The van der Waals surface area contributed by atoms with Gasteiger partial charge < -0.3 is 5.32 Å². The Morgan fingerprint density at radius 2 is 2.60 bits per heavy atom. The van der Waals surface area contributed by atoms with Gasteiger partial charge in [0.05, 0.1) is 5.56 Å². The van der Waals surface area contributed by atoms with Crippen molar-refractivity contribution in [2.45, 2.75) is 19.5 Å². The Bertz CT molecular complexity index is 366. The fraction of sp³-hybridized carbons (Fsp3) is 0.545. The van der Waals surface area contributed by atoms with Gasteiger partial charge >= 0.3 is 0 Å². The summed E-state index contributed by atoms with van der Waals surface area (Å²) in [6, 6.07) is 4.75. The highest BCUT2D eigenvalue weighted by molar-refractivity contribution is 7.10. The van der Waals surface area contributed by atoms with Gasteiger partial charge in [-0.3, -0.25) is 4.90 Å². The summed E-state index contributed by atoms with van der Waals surface area (Å²) in [5, 5.41) is 14.1. The van der Waals surface area contributed by atoms with Gasteiger partial charge in [-0.25, -0.2) is 0 Å². The van der Waals surface area contributed by atoms with Crippen molar-refractivity contribution >= 4 is 11.3 Å². The molecule has 2 rings (SSSR count). The number of thiophene rings is 1. The first-order valence-corrected chi connectivity index (χ1v) is 6.09. The van der Waals surface area contributed by atoms with Gasteiger partial charge in [0.1, 0.15) is 6.07 Å². The molecular formula is C11H15N3S. The topological polar surface area (TPSA) is 39.1 Å². The summed E-state index contributed by atoms with van der Waals surface area (Å²) in [4.78, 5) is 3.73. The van der Waals surface area contributed by atoms with E-state index in [0.717, 1.165) is 31.7 Å². The molecule has 0 saturated carbocycles. The van der Waals surface area contributed by atoms with E-state index in [2.05, 4.69) is 23.2 Å². The van der Waals surface area contributed by atoms with Gasteiger partial charge in [-0.05, 0) is 13.0 Å². The third-order valence-corrected chi connectivity index (χ3v) is 3.54. The Labute approximate surface area is 94.3 Å². The first-order valence-electron chi connectivity index (χ1n) is 5.21. The van der Waals surface area contributed by atoms with Crippen LogP contribution in [0.2, 0.25) is 0 Å². The van der Waals surface area contributed by atoms with Crippen LogP contribution in [0.4, 0.5) is 0 Å². The van der Waals surface area contributed by atoms with Crippen LogP contribution in [0, 0.1) is 11.3 Å². The quantitative estimate of drug-likeness (QED) is 0.821. The summed E-state index contributed by atoms with van der Waals surface area (Å²) < 4.78 is 0. The van der Waals surface area contributed by atoms with Crippen molar-refractivity contribution in [3.05, 3.63) is 21.9 Å². The zero-order valence-electron chi connectivity index (χ0n) is 8.86. The molecule has 1 aromatic heterocycles. The van der Waals surface area contributed by atoms with Crippen LogP contribution in [0.5, 0.6) is 0 Å². The molecule has 4 heteroatoms. The minimum Gasteiger partial charge on any atom is -0.312 e. The molecule has 1 saturated heterocycles. The zero-order chi connectivity index (χ0) is 10.7. The summed E-state index contributed by atoms with van der Waals surface area (Å²) in [7, 11) is 0. The van der Waals surface area contributed by atoms with E-state index in [1.165, 1.54) is 4.88 Å². The Balaban J connectivity index is 1.93. The zero-order valence-corrected chi connectivity index (χ0v) is 9.68. The molecule has 1 aromatic rings. The normalized spacial score (nSPS) is 22.5. The van der Waals surface area contributed by atoms with Gasteiger partial charge in [-0.15, -0.1) is 11.3 Å². The Hall–Kier alpha value is -0.890. The van der Waals surface area contributed by atoms with E-state index in [1.54, 1.807) is 11.3 Å². The van der Waals surface area contributed by atoms with Crippen LogP contribution in [-0.4, -0.2) is 30.6 Å². The van der Waals surface area contributed by atoms with E-state index >= 15 is 0 Å². The van der Waals surface area contributed by atoms with Crippen molar-refractivity contribution in [1.82, 2.24) is 10.2 Å². The van der Waals surface area contributed by atoms with Crippen molar-refractivity contribution in [3.63, 3.8) is 0 Å². The highest BCUT2D eigenvalue weighted by Gasteiger charge is 2.15. The predicted molar refractivity (Wildman–Crippen MR) is 61.8 cm³/mol. The molecule has 1 aliphatic heterocycles. The Morgan fingerprint density at radius 1 is 1.73 bits per heavy atom. The molecule has 1 aliphatic rings. The third-order valence-electron chi connectivity index (χ3n) is 2.62. The first kappa shape index (κ1) is 10.6. The number of piperazine rings is 1. The lowest BCUT2D eigenvalue weighted by Crippen LogP contribution is -2.48. The second kappa shape index (κ2) is 4.75. The molecule has 80 valence electrons. The van der Waals surface area contributed by atoms with Crippen LogP contribution in [-0.2, 0) is 6.54 Å².